The Morgan fingerprint density at radius 3 is 2.97 bits per heavy atom. The summed E-state index contributed by atoms with van der Waals surface area (Å²) in [5.41, 5.74) is 2.35. The smallest absolute Gasteiger partial charge is 0.264 e. The van der Waals surface area contributed by atoms with Gasteiger partial charge >= 0.3 is 0 Å². The highest BCUT2D eigenvalue weighted by Crippen LogP contribution is 2.31. The third-order valence-corrected chi connectivity index (χ3v) is 6.85. The molecule has 1 amide bonds. The van der Waals surface area contributed by atoms with Crippen molar-refractivity contribution >= 4 is 28.7 Å². The summed E-state index contributed by atoms with van der Waals surface area (Å²) in [6, 6.07) is 9.20. The fourth-order valence-electron chi connectivity index (χ4n) is 4.11. The average molecular weight is 478 g/mol. The number of hydrogen-bond donors (Lipinski definition) is 1. The van der Waals surface area contributed by atoms with Gasteiger partial charge in [-0.25, -0.2) is 14.6 Å². The van der Waals surface area contributed by atoms with Gasteiger partial charge < -0.3 is 5.32 Å². The molecule has 1 N–H and O–H groups in total. The van der Waals surface area contributed by atoms with E-state index in [0.717, 1.165) is 11.1 Å². The lowest BCUT2D eigenvalue weighted by Gasteiger charge is -2.13. The van der Waals surface area contributed by atoms with Crippen molar-refractivity contribution in [3.8, 4) is 0 Å². The molecule has 0 radical (unpaired) electrons. The second kappa shape index (κ2) is 9.26. The van der Waals surface area contributed by atoms with Gasteiger partial charge in [0.05, 0.1) is 25.3 Å². The van der Waals surface area contributed by atoms with Crippen LogP contribution in [0, 0.1) is 6.92 Å². The fraction of sp³-hybridized carbons (Fsp3) is 0.304. The molecule has 11 heteroatoms. The summed E-state index contributed by atoms with van der Waals surface area (Å²) in [4.78, 5) is 46.1. The van der Waals surface area contributed by atoms with Crippen molar-refractivity contribution in [2.75, 3.05) is 12.3 Å². The molecule has 3 aromatic heterocycles. The van der Waals surface area contributed by atoms with E-state index in [1.165, 1.54) is 36.5 Å². The van der Waals surface area contributed by atoms with Gasteiger partial charge in [0.1, 0.15) is 11.7 Å². The molecule has 10 nitrogen and oxygen atoms in total. The number of benzene rings is 1. The molecule has 1 aromatic carbocycles. The van der Waals surface area contributed by atoms with Crippen LogP contribution >= 0.6 is 11.8 Å². The number of nitrogens with zero attached hydrogens (tertiary/aromatic N) is 6. The van der Waals surface area contributed by atoms with Crippen molar-refractivity contribution < 1.29 is 4.79 Å². The summed E-state index contributed by atoms with van der Waals surface area (Å²) >= 11 is 1.48. The number of aromatic nitrogens is 6. The van der Waals surface area contributed by atoms with Crippen LogP contribution in [0.1, 0.15) is 23.6 Å². The first-order valence-electron chi connectivity index (χ1n) is 10.9. The van der Waals surface area contributed by atoms with Crippen molar-refractivity contribution in [1.82, 2.24) is 34.2 Å². The van der Waals surface area contributed by atoms with Crippen LogP contribution in [0.2, 0.25) is 0 Å². The number of hydrogen-bond acceptors (Lipinski definition) is 7. The second-order valence-corrected chi connectivity index (χ2v) is 9.21. The molecule has 0 fully saturated rings. The molecule has 1 atom stereocenters. The lowest BCUT2D eigenvalue weighted by molar-refractivity contribution is -0.121. The van der Waals surface area contributed by atoms with Crippen LogP contribution in [0.5, 0.6) is 0 Å². The summed E-state index contributed by atoms with van der Waals surface area (Å²) in [5.74, 6) is 0.488. The third kappa shape index (κ3) is 4.38. The number of fused-ring (bicyclic) bond motifs is 2. The van der Waals surface area contributed by atoms with Crippen molar-refractivity contribution in [2.45, 2.75) is 37.6 Å². The Morgan fingerprint density at radius 2 is 2.12 bits per heavy atom. The summed E-state index contributed by atoms with van der Waals surface area (Å²) in [6.07, 6.45) is 4.74. The zero-order valence-corrected chi connectivity index (χ0v) is 19.4. The van der Waals surface area contributed by atoms with Gasteiger partial charge in [0.25, 0.3) is 11.1 Å². The van der Waals surface area contributed by atoms with Crippen molar-refractivity contribution in [2.24, 2.45) is 0 Å². The predicted molar refractivity (Wildman–Crippen MR) is 128 cm³/mol. The van der Waals surface area contributed by atoms with Crippen molar-refractivity contribution in [3.05, 3.63) is 80.9 Å². The van der Waals surface area contributed by atoms with E-state index < -0.39 is 0 Å². The lowest BCUT2D eigenvalue weighted by Crippen LogP contribution is -2.32. The van der Waals surface area contributed by atoms with Gasteiger partial charge in [0.15, 0.2) is 10.8 Å². The molecule has 174 valence electrons. The Kier molecular flexibility index (Phi) is 6.01. The van der Waals surface area contributed by atoms with Crippen LogP contribution in [0.15, 0.2) is 63.8 Å². The quantitative estimate of drug-likeness (QED) is 0.400. The van der Waals surface area contributed by atoms with Gasteiger partial charge in [-0.05, 0) is 12.5 Å². The normalized spacial score (nSPS) is 14.9. The maximum absolute atomic E-state index is 12.9. The number of nitrogens with one attached hydrogen (secondary N) is 1. The molecule has 0 bridgehead atoms. The van der Waals surface area contributed by atoms with E-state index in [-0.39, 0.29) is 29.5 Å². The number of aryl methyl sites for hydroxylation is 1. The minimum absolute atomic E-state index is 0.144. The minimum Gasteiger partial charge on any atom is -0.354 e. The Morgan fingerprint density at radius 1 is 1.24 bits per heavy atom. The standard InChI is InChI=1S/C23H23N7O3S/c1-15-3-2-4-16(9-15)12-28-14-26-21-18(22(28)33)11-27-29(21)8-7-24-19(31)10-17-13-34-23-25-6-5-20(32)30(17)23/h2-6,9,11,14,17H,7-8,10,12-13H2,1H3,(H,24,31). The monoisotopic (exact) mass is 477 g/mol. The molecule has 4 aromatic rings. The first kappa shape index (κ1) is 22.1. The van der Waals surface area contributed by atoms with E-state index in [4.69, 9.17) is 0 Å². The highest BCUT2D eigenvalue weighted by molar-refractivity contribution is 7.99. The lowest BCUT2D eigenvalue weighted by atomic mass is 10.1. The van der Waals surface area contributed by atoms with E-state index >= 15 is 0 Å². The molecular weight excluding hydrogens is 454 g/mol. The Bertz CT molecular complexity index is 1490. The summed E-state index contributed by atoms with van der Waals surface area (Å²) in [6.45, 7) is 3.16. The van der Waals surface area contributed by atoms with Crippen LogP contribution in [0.25, 0.3) is 11.0 Å². The van der Waals surface area contributed by atoms with Gasteiger partial charge in [-0.15, -0.1) is 0 Å². The predicted octanol–water partition coefficient (Wildman–Crippen LogP) is 1.36. The zero-order chi connectivity index (χ0) is 23.7. The molecule has 1 aliphatic heterocycles. The number of rotatable bonds is 7. The van der Waals surface area contributed by atoms with E-state index in [9.17, 15) is 14.4 Å². The van der Waals surface area contributed by atoms with Crippen molar-refractivity contribution in [1.29, 1.82) is 0 Å². The van der Waals surface area contributed by atoms with Gasteiger partial charge in [0, 0.05) is 31.0 Å². The van der Waals surface area contributed by atoms with Crippen LogP contribution in [-0.2, 0) is 17.9 Å². The first-order chi connectivity index (χ1) is 16.5. The van der Waals surface area contributed by atoms with Crippen LogP contribution in [0.3, 0.4) is 0 Å². The number of amides is 1. The van der Waals surface area contributed by atoms with Gasteiger partial charge in [-0.3, -0.25) is 23.5 Å². The Labute approximate surface area is 198 Å². The molecule has 0 saturated heterocycles. The Hall–Kier alpha value is -3.73. The van der Waals surface area contributed by atoms with Gasteiger partial charge in [0.2, 0.25) is 5.91 Å². The molecule has 5 rings (SSSR count). The summed E-state index contributed by atoms with van der Waals surface area (Å²) in [5, 5.41) is 8.25. The van der Waals surface area contributed by atoms with Crippen LogP contribution in [-0.4, -0.2) is 47.1 Å². The second-order valence-electron chi connectivity index (χ2n) is 8.23. The highest BCUT2D eigenvalue weighted by Gasteiger charge is 2.26. The molecule has 0 spiro atoms. The van der Waals surface area contributed by atoms with E-state index in [0.29, 0.717) is 41.6 Å². The van der Waals surface area contributed by atoms with Gasteiger partial charge in [-0.2, -0.15) is 5.10 Å². The average Bonchev–Trinajstić information content (AvgIpc) is 3.41. The molecule has 1 aliphatic rings. The Balaban J connectivity index is 1.21. The third-order valence-electron chi connectivity index (χ3n) is 5.74. The highest BCUT2D eigenvalue weighted by atomic mass is 32.2. The van der Waals surface area contributed by atoms with Crippen molar-refractivity contribution in [3.63, 3.8) is 0 Å². The minimum atomic E-state index is -0.208. The van der Waals surface area contributed by atoms with Crippen LogP contribution in [0.4, 0.5) is 0 Å². The molecule has 1 unspecified atom stereocenters. The fourth-order valence-corrected chi connectivity index (χ4v) is 5.23. The van der Waals surface area contributed by atoms with Gasteiger partial charge in [-0.1, -0.05) is 41.6 Å². The number of carbonyl (C=O) groups excluding carboxylic acids is 1. The van der Waals surface area contributed by atoms with E-state index in [2.05, 4.69) is 20.4 Å². The molecule has 34 heavy (non-hydrogen) atoms. The molecular formula is C23H23N7O3S. The van der Waals surface area contributed by atoms with Crippen LogP contribution < -0.4 is 16.4 Å². The topological polar surface area (TPSA) is 117 Å². The van der Waals surface area contributed by atoms with E-state index in [1.54, 1.807) is 13.8 Å². The van der Waals surface area contributed by atoms with E-state index in [1.807, 2.05) is 31.2 Å². The first-order valence-corrected chi connectivity index (χ1v) is 11.9. The zero-order valence-electron chi connectivity index (χ0n) is 18.5. The summed E-state index contributed by atoms with van der Waals surface area (Å²) < 4.78 is 4.76. The maximum Gasteiger partial charge on any atom is 0.264 e. The summed E-state index contributed by atoms with van der Waals surface area (Å²) in [7, 11) is 0. The largest absolute Gasteiger partial charge is 0.354 e. The number of thioether (sulfide) groups is 1. The number of carbonyl (C=O) groups is 1. The molecule has 4 heterocycles. The molecule has 0 saturated carbocycles. The SMILES string of the molecule is Cc1cccc(Cn2cnc3c(cnn3CCNC(=O)CC3CSc4nccc(=O)n43)c2=O)c1. The molecule has 0 aliphatic carbocycles. The maximum atomic E-state index is 12.9.